The maximum atomic E-state index is 5.44. The van der Waals surface area contributed by atoms with Crippen LogP contribution in [0.25, 0.3) is 0 Å². The third-order valence-corrected chi connectivity index (χ3v) is 1.60. The van der Waals surface area contributed by atoms with Gasteiger partial charge in [-0.2, -0.15) is 0 Å². The van der Waals surface area contributed by atoms with Crippen molar-refractivity contribution in [1.29, 1.82) is 0 Å². The molecular formula is C10H20N2. The zero-order valence-electron chi connectivity index (χ0n) is 8.76. The Labute approximate surface area is 75.6 Å². The van der Waals surface area contributed by atoms with Gasteiger partial charge in [-0.3, -0.25) is 4.99 Å². The summed E-state index contributed by atoms with van der Waals surface area (Å²) in [5.74, 6) is 0.451. The molecule has 0 radical (unpaired) electrons. The molecule has 2 heteroatoms. The van der Waals surface area contributed by atoms with Crippen molar-refractivity contribution in [3.8, 4) is 0 Å². The maximum Gasteiger partial charge on any atom is 0.0446 e. The summed E-state index contributed by atoms with van der Waals surface area (Å²) in [5.41, 5.74) is 7.64. The largest absolute Gasteiger partial charge is 0.404 e. The van der Waals surface area contributed by atoms with E-state index in [0.717, 1.165) is 11.3 Å². The van der Waals surface area contributed by atoms with Crippen LogP contribution >= 0.6 is 0 Å². The molecule has 0 heterocycles. The predicted octanol–water partition coefficient (Wildman–Crippen LogP) is 2.35. The molecule has 2 nitrogen and oxygen atoms in total. The van der Waals surface area contributed by atoms with Crippen molar-refractivity contribution in [3.63, 3.8) is 0 Å². The van der Waals surface area contributed by atoms with Crippen LogP contribution in [-0.2, 0) is 0 Å². The van der Waals surface area contributed by atoms with Crippen LogP contribution in [0.4, 0.5) is 0 Å². The number of rotatable bonds is 3. The van der Waals surface area contributed by atoms with Crippen LogP contribution in [0, 0.1) is 5.92 Å². The average molecular weight is 168 g/mol. The van der Waals surface area contributed by atoms with E-state index in [1.165, 1.54) is 0 Å². The minimum Gasteiger partial charge on any atom is -0.404 e. The second-order valence-electron chi connectivity index (χ2n) is 3.61. The summed E-state index contributed by atoms with van der Waals surface area (Å²) in [7, 11) is 0. The Morgan fingerprint density at radius 3 is 2.00 bits per heavy atom. The molecule has 0 amide bonds. The highest BCUT2D eigenvalue weighted by atomic mass is 14.8. The quantitative estimate of drug-likeness (QED) is 0.645. The summed E-state index contributed by atoms with van der Waals surface area (Å²) in [4.78, 5) is 4.52. The number of hydrogen-bond donors (Lipinski definition) is 1. The van der Waals surface area contributed by atoms with Crippen LogP contribution < -0.4 is 5.73 Å². The number of allylic oxidation sites excluding steroid dienone is 1. The monoisotopic (exact) mass is 168 g/mol. The Kier molecular flexibility index (Phi) is 4.64. The molecule has 0 saturated heterocycles. The molecule has 0 unspecified atom stereocenters. The van der Waals surface area contributed by atoms with Crippen molar-refractivity contribution >= 4 is 5.71 Å². The van der Waals surface area contributed by atoms with Gasteiger partial charge in [0.1, 0.15) is 0 Å². The van der Waals surface area contributed by atoms with Crippen LogP contribution in [-0.4, -0.2) is 11.8 Å². The van der Waals surface area contributed by atoms with E-state index in [0.29, 0.717) is 12.0 Å². The Balaban J connectivity index is 4.67. The molecule has 0 aromatic rings. The van der Waals surface area contributed by atoms with Crippen LogP contribution in [0.2, 0.25) is 0 Å². The number of aliphatic imine (C=N–C) groups is 1. The highest BCUT2D eigenvalue weighted by Gasteiger charge is 2.07. The summed E-state index contributed by atoms with van der Waals surface area (Å²) >= 11 is 0. The molecule has 0 fully saturated rings. The minimum atomic E-state index is 0.345. The normalized spacial score (nSPS) is 14.6. The molecule has 12 heavy (non-hydrogen) atoms. The van der Waals surface area contributed by atoms with Gasteiger partial charge in [-0.25, -0.2) is 0 Å². The van der Waals surface area contributed by atoms with E-state index in [1.807, 2.05) is 6.92 Å². The van der Waals surface area contributed by atoms with E-state index in [1.54, 1.807) is 6.20 Å². The topological polar surface area (TPSA) is 38.4 Å². The van der Waals surface area contributed by atoms with Crippen molar-refractivity contribution in [3.05, 3.63) is 11.8 Å². The summed E-state index contributed by atoms with van der Waals surface area (Å²) in [5, 5.41) is 0. The lowest BCUT2D eigenvalue weighted by molar-refractivity contribution is 0.796. The second kappa shape index (κ2) is 4.96. The van der Waals surface area contributed by atoms with Gasteiger partial charge in [-0.1, -0.05) is 13.8 Å². The molecule has 0 aliphatic heterocycles. The van der Waals surface area contributed by atoms with Crippen molar-refractivity contribution in [1.82, 2.24) is 0 Å². The van der Waals surface area contributed by atoms with Crippen LogP contribution in [0.1, 0.15) is 34.6 Å². The van der Waals surface area contributed by atoms with E-state index in [-0.39, 0.29) is 0 Å². The molecular weight excluding hydrogens is 148 g/mol. The van der Waals surface area contributed by atoms with Crippen molar-refractivity contribution < 1.29 is 0 Å². The Hall–Kier alpha value is -0.790. The Morgan fingerprint density at radius 2 is 1.75 bits per heavy atom. The van der Waals surface area contributed by atoms with E-state index in [9.17, 15) is 0 Å². The first-order chi connectivity index (χ1) is 5.49. The van der Waals surface area contributed by atoms with Crippen molar-refractivity contribution in [2.45, 2.75) is 40.7 Å². The summed E-state index contributed by atoms with van der Waals surface area (Å²) in [6.45, 7) is 10.4. The molecule has 2 N–H and O–H groups in total. The highest BCUT2D eigenvalue weighted by Crippen LogP contribution is 2.08. The molecule has 0 aromatic heterocycles. The van der Waals surface area contributed by atoms with Gasteiger partial charge in [-0.05, 0) is 38.5 Å². The van der Waals surface area contributed by atoms with Gasteiger partial charge < -0.3 is 5.73 Å². The van der Waals surface area contributed by atoms with Gasteiger partial charge in [0.15, 0.2) is 0 Å². The lowest BCUT2D eigenvalue weighted by Crippen LogP contribution is -2.13. The van der Waals surface area contributed by atoms with Gasteiger partial charge in [-0.15, -0.1) is 0 Å². The molecule has 0 aromatic carbocycles. The lowest BCUT2D eigenvalue weighted by atomic mass is 10.0. The molecule has 0 rings (SSSR count). The number of nitrogens with zero attached hydrogens (tertiary/aromatic N) is 1. The highest BCUT2D eigenvalue weighted by molar-refractivity contribution is 6.00. The molecule has 0 spiro atoms. The molecule has 0 aliphatic carbocycles. The van der Waals surface area contributed by atoms with E-state index >= 15 is 0 Å². The fraction of sp³-hybridized carbons (Fsp3) is 0.700. The van der Waals surface area contributed by atoms with Crippen LogP contribution in [0.3, 0.4) is 0 Å². The minimum absolute atomic E-state index is 0.345. The van der Waals surface area contributed by atoms with E-state index in [4.69, 9.17) is 5.73 Å². The second-order valence-corrected chi connectivity index (χ2v) is 3.61. The third kappa shape index (κ3) is 3.56. The Morgan fingerprint density at radius 1 is 1.25 bits per heavy atom. The van der Waals surface area contributed by atoms with Gasteiger partial charge in [0.25, 0.3) is 0 Å². The van der Waals surface area contributed by atoms with Gasteiger partial charge in [0.05, 0.1) is 0 Å². The van der Waals surface area contributed by atoms with Gasteiger partial charge in [0.2, 0.25) is 0 Å². The first-order valence-electron chi connectivity index (χ1n) is 4.45. The molecule has 0 aliphatic rings. The summed E-state index contributed by atoms with van der Waals surface area (Å²) in [6, 6.07) is 0.345. The standard InChI is InChI=1S/C10H20N2/c1-7(2)10(9(5)6-11)12-8(3)4/h6-8H,11H2,1-5H3/b9-6-,12-10?. The van der Waals surface area contributed by atoms with Crippen molar-refractivity contribution in [2.24, 2.45) is 16.6 Å². The van der Waals surface area contributed by atoms with E-state index in [2.05, 4.69) is 32.7 Å². The maximum absolute atomic E-state index is 5.44. The number of nitrogens with two attached hydrogens (primary N) is 1. The Bertz CT molecular complexity index is 188. The zero-order valence-corrected chi connectivity index (χ0v) is 8.76. The van der Waals surface area contributed by atoms with E-state index < -0.39 is 0 Å². The average Bonchev–Trinajstić information content (AvgIpc) is 1.98. The van der Waals surface area contributed by atoms with Crippen LogP contribution in [0.5, 0.6) is 0 Å². The first-order valence-corrected chi connectivity index (χ1v) is 4.45. The molecule has 0 saturated carbocycles. The summed E-state index contributed by atoms with van der Waals surface area (Å²) < 4.78 is 0. The van der Waals surface area contributed by atoms with Crippen LogP contribution in [0.15, 0.2) is 16.8 Å². The SMILES string of the molecule is C/C(=C/N)C(=NC(C)C)C(C)C. The molecule has 0 atom stereocenters. The smallest absolute Gasteiger partial charge is 0.0446 e. The van der Waals surface area contributed by atoms with Crippen molar-refractivity contribution in [2.75, 3.05) is 0 Å². The predicted molar refractivity (Wildman–Crippen MR) is 55.4 cm³/mol. The molecule has 0 bridgehead atoms. The van der Waals surface area contributed by atoms with Gasteiger partial charge in [0, 0.05) is 11.8 Å². The summed E-state index contributed by atoms with van der Waals surface area (Å²) in [6.07, 6.45) is 1.63. The lowest BCUT2D eigenvalue weighted by Gasteiger charge is -2.11. The van der Waals surface area contributed by atoms with Gasteiger partial charge >= 0.3 is 0 Å². The molecule has 70 valence electrons. The third-order valence-electron chi connectivity index (χ3n) is 1.60. The fourth-order valence-electron chi connectivity index (χ4n) is 1.07. The fourth-order valence-corrected chi connectivity index (χ4v) is 1.07. The number of hydrogen-bond acceptors (Lipinski definition) is 2. The first kappa shape index (κ1) is 11.2. The zero-order chi connectivity index (χ0) is 9.72.